The van der Waals surface area contributed by atoms with Crippen LogP contribution in [0.15, 0.2) is 6.07 Å². The van der Waals surface area contributed by atoms with E-state index >= 15 is 0 Å². The second-order valence-corrected chi connectivity index (χ2v) is 6.72. The number of aliphatic hydroxyl groups is 1. The lowest BCUT2D eigenvalue weighted by Crippen LogP contribution is -2.33. The second-order valence-electron chi connectivity index (χ2n) is 6.72. The number of nitrogens with one attached hydrogen (secondary N) is 2. The summed E-state index contributed by atoms with van der Waals surface area (Å²) in [5.41, 5.74) is -0.315. The molecule has 3 N–H and O–H groups in total. The van der Waals surface area contributed by atoms with Crippen molar-refractivity contribution in [3.05, 3.63) is 11.9 Å². The molecule has 0 fully saturated rings. The van der Waals surface area contributed by atoms with Gasteiger partial charge in [0.1, 0.15) is 17.5 Å². The van der Waals surface area contributed by atoms with Crippen LogP contribution < -0.4 is 10.6 Å². The Morgan fingerprint density at radius 2 is 1.70 bits per heavy atom. The summed E-state index contributed by atoms with van der Waals surface area (Å²) in [7, 11) is 0. The average Bonchev–Trinajstić information content (AvgIpc) is 2.26. The van der Waals surface area contributed by atoms with E-state index in [1.54, 1.807) is 0 Å². The maximum atomic E-state index is 9.12. The lowest BCUT2D eigenvalue weighted by atomic mass is 9.95. The van der Waals surface area contributed by atoms with Gasteiger partial charge in [-0.2, -0.15) is 0 Å². The van der Waals surface area contributed by atoms with Crippen LogP contribution in [0, 0.1) is 0 Å². The Kier molecular flexibility index (Phi) is 5.34. The summed E-state index contributed by atoms with van der Waals surface area (Å²) in [5.74, 6) is 2.42. The molecule has 114 valence electrons. The highest BCUT2D eigenvalue weighted by Gasteiger charge is 2.22. The fraction of sp³-hybridized carbons (Fsp3) is 0.733. The highest BCUT2D eigenvalue weighted by molar-refractivity contribution is 5.49. The van der Waals surface area contributed by atoms with Crippen molar-refractivity contribution in [1.29, 1.82) is 0 Å². The minimum atomic E-state index is -0.207. The molecule has 0 aliphatic heterocycles. The molecule has 0 aromatic carbocycles. The van der Waals surface area contributed by atoms with Gasteiger partial charge in [-0.25, -0.2) is 9.97 Å². The number of anilines is 2. The van der Waals surface area contributed by atoms with Gasteiger partial charge in [-0.1, -0.05) is 20.8 Å². The Balaban J connectivity index is 3.09. The van der Waals surface area contributed by atoms with Crippen LogP contribution in [-0.2, 0) is 5.41 Å². The van der Waals surface area contributed by atoms with Crippen LogP contribution in [0.25, 0.3) is 0 Å². The summed E-state index contributed by atoms with van der Waals surface area (Å²) in [6, 6.07) is 1.91. The molecule has 0 saturated heterocycles. The molecule has 0 spiro atoms. The first-order valence-electron chi connectivity index (χ1n) is 7.20. The van der Waals surface area contributed by atoms with E-state index in [2.05, 4.69) is 55.2 Å². The van der Waals surface area contributed by atoms with Gasteiger partial charge in [0.25, 0.3) is 0 Å². The van der Waals surface area contributed by atoms with Crippen LogP contribution in [0.3, 0.4) is 0 Å². The van der Waals surface area contributed by atoms with Crippen molar-refractivity contribution in [2.75, 3.05) is 23.8 Å². The minimum absolute atomic E-state index is 0.108. The molecule has 5 nitrogen and oxygen atoms in total. The van der Waals surface area contributed by atoms with Crippen LogP contribution in [0.5, 0.6) is 0 Å². The summed E-state index contributed by atoms with van der Waals surface area (Å²) in [6.45, 7) is 13.4. The first-order valence-corrected chi connectivity index (χ1v) is 7.20. The third-order valence-corrected chi connectivity index (χ3v) is 2.96. The van der Waals surface area contributed by atoms with Crippen LogP contribution in [-0.4, -0.2) is 33.8 Å². The van der Waals surface area contributed by atoms with Crippen LogP contribution in [0.2, 0.25) is 0 Å². The van der Waals surface area contributed by atoms with E-state index in [-0.39, 0.29) is 17.6 Å². The Bertz CT molecular complexity index is 438. The zero-order valence-electron chi connectivity index (χ0n) is 13.5. The number of aliphatic hydroxyl groups excluding tert-OH is 1. The fourth-order valence-corrected chi connectivity index (χ4v) is 1.81. The molecular weight excluding hydrogens is 252 g/mol. The number of nitrogens with zero attached hydrogens (tertiary/aromatic N) is 2. The van der Waals surface area contributed by atoms with Gasteiger partial charge in [-0.05, 0) is 27.2 Å². The Labute approximate surface area is 122 Å². The van der Waals surface area contributed by atoms with Crippen LogP contribution in [0.1, 0.15) is 53.8 Å². The van der Waals surface area contributed by atoms with Gasteiger partial charge in [-0.3, -0.25) is 0 Å². The Hall–Kier alpha value is -1.36. The molecule has 1 aromatic rings. The normalized spacial score (nSPS) is 12.3. The van der Waals surface area contributed by atoms with Gasteiger partial charge in [0, 0.05) is 30.2 Å². The predicted molar refractivity (Wildman–Crippen MR) is 84.3 cm³/mol. The molecular formula is C15H28N4O. The molecule has 0 unspecified atom stereocenters. The fourth-order valence-electron chi connectivity index (χ4n) is 1.81. The number of hydrogen-bond acceptors (Lipinski definition) is 5. The largest absolute Gasteiger partial charge is 0.396 e. The van der Waals surface area contributed by atoms with Gasteiger partial charge in [0.15, 0.2) is 0 Å². The molecule has 5 heteroatoms. The molecule has 0 bridgehead atoms. The van der Waals surface area contributed by atoms with E-state index in [0.29, 0.717) is 6.42 Å². The second kappa shape index (κ2) is 6.39. The number of aromatic nitrogens is 2. The van der Waals surface area contributed by atoms with E-state index in [9.17, 15) is 0 Å². The lowest BCUT2D eigenvalue weighted by molar-refractivity contribution is 0.260. The first-order chi connectivity index (χ1) is 9.18. The van der Waals surface area contributed by atoms with Crippen molar-refractivity contribution < 1.29 is 5.11 Å². The molecule has 1 heterocycles. The SMILES string of the molecule is CCNc1cc(NC(C)(C)CCO)nc(C(C)(C)C)n1. The standard InChI is InChI=1S/C15H28N4O/c1-7-16-11-10-12(19-15(5,6)8-9-20)18-13(17-11)14(2,3)4/h10,20H,7-9H2,1-6H3,(H2,16,17,18,19). The minimum Gasteiger partial charge on any atom is -0.396 e. The van der Waals surface area contributed by atoms with Crippen LogP contribution in [0.4, 0.5) is 11.6 Å². The summed E-state index contributed by atoms with van der Waals surface area (Å²) in [4.78, 5) is 9.17. The van der Waals surface area contributed by atoms with Crippen molar-refractivity contribution in [3.63, 3.8) is 0 Å². The smallest absolute Gasteiger partial charge is 0.138 e. The highest BCUT2D eigenvalue weighted by atomic mass is 16.3. The maximum Gasteiger partial charge on any atom is 0.138 e. The summed E-state index contributed by atoms with van der Waals surface area (Å²) >= 11 is 0. The molecule has 0 saturated carbocycles. The first kappa shape index (κ1) is 16.7. The van der Waals surface area contributed by atoms with Crippen LogP contribution >= 0.6 is 0 Å². The van der Waals surface area contributed by atoms with Gasteiger partial charge in [0.2, 0.25) is 0 Å². The number of hydrogen-bond donors (Lipinski definition) is 3. The van der Waals surface area contributed by atoms with Gasteiger partial charge >= 0.3 is 0 Å². The van der Waals surface area contributed by atoms with Crippen molar-refractivity contribution in [1.82, 2.24) is 9.97 Å². The molecule has 1 aromatic heterocycles. The van der Waals surface area contributed by atoms with Gasteiger partial charge in [-0.15, -0.1) is 0 Å². The summed E-state index contributed by atoms with van der Waals surface area (Å²) in [5, 5.41) is 15.7. The molecule has 0 aliphatic rings. The summed E-state index contributed by atoms with van der Waals surface area (Å²) < 4.78 is 0. The van der Waals surface area contributed by atoms with E-state index in [1.807, 2.05) is 13.0 Å². The van der Waals surface area contributed by atoms with Gasteiger partial charge in [0.05, 0.1) is 0 Å². The topological polar surface area (TPSA) is 70.1 Å². The van der Waals surface area contributed by atoms with Crippen molar-refractivity contribution in [2.45, 2.75) is 58.9 Å². The highest BCUT2D eigenvalue weighted by Crippen LogP contribution is 2.24. The van der Waals surface area contributed by atoms with Crippen molar-refractivity contribution in [2.24, 2.45) is 0 Å². The molecule has 1 rings (SSSR count). The lowest BCUT2D eigenvalue weighted by Gasteiger charge is -2.27. The van der Waals surface area contributed by atoms with E-state index in [1.165, 1.54) is 0 Å². The third kappa shape index (κ3) is 4.96. The zero-order valence-corrected chi connectivity index (χ0v) is 13.5. The molecule has 20 heavy (non-hydrogen) atoms. The Morgan fingerprint density at radius 3 is 2.20 bits per heavy atom. The Morgan fingerprint density at radius 1 is 1.10 bits per heavy atom. The van der Waals surface area contributed by atoms with Gasteiger partial charge < -0.3 is 15.7 Å². The summed E-state index contributed by atoms with van der Waals surface area (Å²) in [6.07, 6.45) is 0.665. The number of rotatable bonds is 6. The molecule has 0 aliphatic carbocycles. The average molecular weight is 280 g/mol. The zero-order chi connectivity index (χ0) is 15.4. The molecule has 0 radical (unpaired) electrons. The van der Waals surface area contributed by atoms with E-state index < -0.39 is 0 Å². The monoisotopic (exact) mass is 280 g/mol. The van der Waals surface area contributed by atoms with E-state index in [0.717, 1.165) is 24.0 Å². The third-order valence-electron chi connectivity index (χ3n) is 2.96. The quantitative estimate of drug-likeness (QED) is 0.747. The van der Waals surface area contributed by atoms with Crippen molar-refractivity contribution in [3.8, 4) is 0 Å². The van der Waals surface area contributed by atoms with Crippen molar-refractivity contribution >= 4 is 11.6 Å². The van der Waals surface area contributed by atoms with E-state index in [4.69, 9.17) is 5.11 Å². The molecule has 0 atom stereocenters. The predicted octanol–water partition coefficient (Wildman–Crippen LogP) is 2.78. The molecule has 0 amide bonds. The maximum absolute atomic E-state index is 9.12.